The standard InChI is InChI=1S/C90H76N6O12.Pd/c1-51(2)87(101)105-47-17-27-71(97)55-29-33-57(34-30-55)73-77-63-19-9-10-20-64(63)78(93-77)74(58-35-31-56(32-36-58)72(98)28-18-48-106-88(102)52(3)4)80-66-22-12-14-24-68(66)82(95-80)76(60-39-43-62(44-40-60)86(100)92-46-50-108-90(104)54(7)8)84-70-26-16-15-25-69(70)83(96-84)75(81-67-23-13-11-21-65(67)79(73)94-81)59-37-41-61(42-38-59)85(99)91-45-49-107-89(103)53(5)6;/h9-16,19-26,29-44H,1,3,5,7,17-18,27-28,45-50H2,2,4,6,8H3,(H4,91,92,93,94,95,96,97,98,99,100);/q;+2/p-2. The maximum absolute atomic E-state index is 14.1. The number of benzene rings is 8. The van der Waals surface area contributed by atoms with Crippen LogP contribution in [0.25, 0.3) is 133 Å². The van der Waals surface area contributed by atoms with Crippen molar-refractivity contribution in [3.05, 3.63) is 265 Å². The van der Waals surface area contributed by atoms with E-state index in [-0.39, 0.29) is 107 Å². The number of hydrogen-bond acceptors (Lipinski definition) is 14. The average molecular weight is 1540 g/mol. The zero-order valence-electron chi connectivity index (χ0n) is 60.4. The van der Waals surface area contributed by atoms with Crippen LogP contribution in [0.5, 0.6) is 0 Å². The monoisotopic (exact) mass is 1540 g/mol. The Bertz CT molecular complexity index is 5060. The van der Waals surface area contributed by atoms with Crippen molar-refractivity contribution < 1.29 is 77.7 Å². The Labute approximate surface area is 642 Å². The largest absolute Gasteiger partial charge is 2.00 e. The van der Waals surface area contributed by atoms with Gasteiger partial charge in [-0.15, -0.1) is 22.1 Å². The fourth-order valence-corrected chi connectivity index (χ4v) is 13.2. The first kappa shape index (κ1) is 75.9. The van der Waals surface area contributed by atoms with Crippen molar-refractivity contribution in [3.63, 3.8) is 0 Å². The van der Waals surface area contributed by atoms with Crippen LogP contribution < -0.4 is 20.6 Å². The number of hydrogen-bond donors (Lipinski definition) is 2. The third-order valence-corrected chi connectivity index (χ3v) is 18.6. The van der Waals surface area contributed by atoms with E-state index in [1.807, 2.05) is 146 Å². The number of ether oxygens (including phenoxy) is 4. The molecule has 2 N–H and O–H groups in total. The van der Waals surface area contributed by atoms with Gasteiger partial charge in [-0.25, -0.2) is 29.1 Å². The normalized spacial score (nSPS) is 11.1. The zero-order chi connectivity index (χ0) is 75.9. The smallest absolute Gasteiger partial charge is 0.656 e. The Morgan fingerprint density at radius 2 is 0.569 bits per heavy atom. The molecule has 0 saturated heterocycles. The number of nitrogens with one attached hydrogen (secondary N) is 2. The molecule has 2 amide bonds. The van der Waals surface area contributed by atoms with Crippen LogP contribution in [0.4, 0.5) is 0 Å². The maximum Gasteiger partial charge on any atom is 2.00 e. The quantitative estimate of drug-likeness (QED) is 0.0128. The van der Waals surface area contributed by atoms with Gasteiger partial charge in [0.15, 0.2) is 11.6 Å². The van der Waals surface area contributed by atoms with Gasteiger partial charge in [0.2, 0.25) is 0 Å². The summed E-state index contributed by atoms with van der Waals surface area (Å²) < 4.78 is 21.2. The van der Waals surface area contributed by atoms with Gasteiger partial charge in [-0.3, -0.25) is 19.2 Å². The molecule has 109 heavy (non-hydrogen) atoms. The molecule has 0 unspecified atom stereocenters. The Morgan fingerprint density at radius 3 is 0.826 bits per heavy atom. The Hall–Kier alpha value is -12.8. The molecule has 2 aromatic heterocycles. The molecule has 0 saturated carbocycles. The summed E-state index contributed by atoms with van der Waals surface area (Å²) in [5.41, 5.74) is 14.9. The van der Waals surface area contributed by atoms with Gasteiger partial charge in [0.25, 0.3) is 11.8 Å². The molecule has 8 bridgehead atoms. The number of Topliss-reactive ketones (excluding diaryl/α,β-unsaturated/α-hetero) is 2. The van der Waals surface area contributed by atoms with Crippen molar-refractivity contribution >= 4 is 90.9 Å². The van der Waals surface area contributed by atoms with Gasteiger partial charge in [0.1, 0.15) is 13.2 Å². The summed E-state index contributed by atoms with van der Waals surface area (Å²) in [4.78, 5) is 129. The predicted octanol–water partition coefficient (Wildman–Crippen LogP) is 17.1. The summed E-state index contributed by atoms with van der Waals surface area (Å²) in [6, 6.07) is 60.9. The van der Waals surface area contributed by atoms with Crippen LogP contribution in [0, 0.1) is 0 Å². The molecule has 1 aliphatic carbocycles. The van der Waals surface area contributed by atoms with Gasteiger partial charge in [-0.1, -0.05) is 196 Å². The molecular weight excluding hydrogens is 1460 g/mol. The average Bonchev–Trinajstić information content (AvgIpc) is 1.56. The van der Waals surface area contributed by atoms with Gasteiger partial charge < -0.3 is 39.5 Å². The van der Waals surface area contributed by atoms with E-state index in [4.69, 9.17) is 38.9 Å². The molecule has 0 atom stereocenters. The summed E-state index contributed by atoms with van der Waals surface area (Å²) >= 11 is 0. The van der Waals surface area contributed by atoms with Gasteiger partial charge >= 0.3 is 44.3 Å². The van der Waals surface area contributed by atoms with Crippen molar-refractivity contribution in [3.8, 4) is 89.5 Å². The minimum atomic E-state index is -0.567. The Morgan fingerprint density at radius 1 is 0.330 bits per heavy atom. The van der Waals surface area contributed by atoms with Gasteiger partial charge in [-0.05, 0) is 131 Å². The SMILES string of the molecule is C=C(C)C(=O)OCCCC(=O)c1ccc(-c2c3nc(c(-c4ccc(C(=O)CCCOC(=O)C(=C)C)cc4)c4[n-]c(c(-c5ccc(C(=O)NCCOC(=O)C(=C)C)cc5)c5nc(c(-c6ccc(C(=O)NCCOC(=O)C(=C)C)cc6)c6[n-]c2c2ccccc62)-c2ccccc2-5)c2ccccc42)-c2ccccc2-3)cc1.[Pd+2]. The molecule has 8 aromatic carbocycles. The van der Waals surface area contributed by atoms with E-state index in [2.05, 4.69) is 36.9 Å². The summed E-state index contributed by atoms with van der Waals surface area (Å²) in [7, 11) is 0. The molecule has 3 aliphatic rings. The van der Waals surface area contributed by atoms with Crippen LogP contribution >= 0.6 is 0 Å². The summed E-state index contributed by atoms with van der Waals surface area (Å²) in [5.74, 6) is -3.31. The van der Waals surface area contributed by atoms with E-state index >= 15 is 0 Å². The molecule has 4 heterocycles. The van der Waals surface area contributed by atoms with E-state index < -0.39 is 35.7 Å². The third-order valence-electron chi connectivity index (χ3n) is 18.6. The number of carbonyl (C=O) groups excluding carboxylic acids is 8. The van der Waals surface area contributed by atoms with Crippen molar-refractivity contribution in [1.82, 2.24) is 30.6 Å². The number of nitrogens with zero attached hydrogens (tertiary/aromatic N) is 4. The van der Waals surface area contributed by atoms with Crippen molar-refractivity contribution in [2.45, 2.75) is 53.4 Å². The second kappa shape index (κ2) is 33.3. The van der Waals surface area contributed by atoms with Gasteiger partial charge in [0.05, 0.1) is 49.1 Å². The molecule has 10 aromatic rings. The first-order chi connectivity index (χ1) is 52.2. The Kier molecular flexibility index (Phi) is 23.2. The number of esters is 4. The minimum Gasteiger partial charge on any atom is -0.656 e. The molecule has 18 nitrogen and oxygen atoms in total. The van der Waals surface area contributed by atoms with Gasteiger partial charge in [-0.2, -0.15) is 0 Å². The number of amides is 2. The summed E-state index contributed by atoms with van der Waals surface area (Å²) in [6.45, 7) is 20.9. The number of carbonyl (C=O) groups is 8. The first-order valence-electron chi connectivity index (χ1n) is 35.3. The maximum atomic E-state index is 14.1. The van der Waals surface area contributed by atoms with E-state index in [9.17, 15) is 38.4 Å². The number of ketones is 2. The topological polar surface area (TPSA) is 252 Å². The zero-order valence-corrected chi connectivity index (χ0v) is 61.9. The summed E-state index contributed by atoms with van der Waals surface area (Å²) in [6.07, 6.45) is 0.802. The first-order valence-corrected chi connectivity index (χ1v) is 35.3. The van der Waals surface area contributed by atoms with Crippen molar-refractivity contribution in [2.24, 2.45) is 0 Å². The molecule has 13 rings (SSSR count). The Balaban J connectivity index is 0.0000111. The van der Waals surface area contributed by atoms with Crippen LogP contribution in [-0.2, 0) is 58.5 Å². The van der Waals surface area contributed by atoms with Crippen LogP contribution in [0.1, 0.15) is 94.8 Å². The summed E-state index contributed by atoms with van der Waals surface area (Å²) in [5, 5.41) is 8.71. The minimum absolute atomic E-state index is 0. The molecule has 0 radical (unpaired) electrons. The molecule has 546 valence electrons. The number of rotatable bonds is 26. The molecule has 0 spiro atoms. The molecule has 19 heteroatoms. The number of aromatic nitrogens is 4. The van der Waals surface area contributed by atoms with Crippen LogP contribution in [0.3, 0.4) is 0 Å². The third kappa shape index (κ3) is 16.0. The fourth-order valence-electron chi connectivity index (χ4n) is 13.2. The van der Waals surface area contributed by atoms with Crippen LogP contribution in [0.2, 0.25) is 0 Å². The molecular formula is C90H74N6O12Pd. The van der Waals surface area contributed by atoms with E-state index in [1.54, 1.807) is 76.2 Å². The van der Waals surface area contributed by atoms with Crippen LogP contribution in [0.15, 0.2) is 243 Å². The molecule has 2 aliphatic heterocycles. The fraction of sp³-hybridized carbons (Fsp3) is 0.156. The van der Waals surface area contributed by atoms with Crippen molar-refractivity contribution in [1.29, 1.82) is 0 Å². The van der Waals surface area contributed by atoms with E-state index in [1.165, 1.54) is 0 Å². The van der Waals surface area contributed by atoms with E-state index in [0.29, 0.717) is 124 Å². The van der Waals surface area contributed by atoms with E-state index in [0.717, 1.165) is 43.8 Å². The van der Waals surface area contributed by atoms with Gasteiger partial charge in [0, 0.05) is 79.6 Å². The second-order valence-electron chi connectivity index (χ2n) is 26.5. The van der Waals surface area contributed by atoms with Crippen molar-refractivity contribution in [2.75, 3.05) is 39.5 Å². The predicted molar refractivity (Wildman–Crippen MR) is 419 cm³/mol. The molecule has 0 fully saturated rings. The second-order valence-corrected chi connectivity index (χ2v) is 26.5. The van der Waals surface area contributed by atoms with Crippen LogP contribution in [-0.4, -0.2) is 96.7 Å².